The molecule has 0 spiro atoms. The fourth-order valence-electron chi connectivity index (χ4n) is 2.54. The van der Waals surface area contributed by atoms with Crippen molar-refractivity contribution >= 4 is 17.3 Å². The molecule has 1 aromatic carbocycles. The van der Waals surface area contributed by atoms with Crippen molar-refractivity contribution in [3.8, 4) is 0 Å². The highest BCUT2D eigenvalue weighted by Gasteiger charge is 2.23. The second-order valence-electron chi connectivity index (χ2n) is 4.71. The van der Waals surface area contributed by atoms with E-state index < -0.39 is 5.97 Å². The number of hydrogen-bond acceptors (Lipinski definition) is 4. The number of para-hydroxylation sites is 1. The summed E-state index contributed by atoms with van der Waals surface area (Å²) in [7, 11) is 0. The lowest BCUT2D eigenvalue weighted by Gasteiger charge is -2.35. The maximum Gasteiger partial charge on any atom is 0.337 e. The minimum absolute atomic E-state index is 0.163. The third kappa shape index (κ3) is 2.98. The third-order valence-corrected chi connectivity index (χ3v) is 3.43. The summed E-state index contributed by atoms with van der Waals surface area (Å²) in [6.07, 6.45) is 2.27. The molecule has 1 atom stereocenters. The van der Waals surface area contributed by atoms with E-state index in [2.05, 4.69) is 4.90 Å². The Balaban J connectivity index is 2.21. The molecule has 104 valence electrons. The molecule has 1 aliphatic heterocycles. The monoisotopic (exact) mass is 264 g/mol. The molecule has 1 aliphatic rings. The van der Waals surface area contributed by atoms with Crippen LogP contribution in [0.1, 0.15) is 30.1 Å². The molecule has 1 heterocycles. The zero-order chi connectivity index (χ0) is 13.8. The van der Waals surface area contributed by atoms with Crippen LogP contribution < -0.4 is 10.6 Å². The normalized spacial score (nSPS) is 19.4. The SMILES string of the molecule is CCOC1CCCN(c2cccc(C(=O)O)c2N)C1. The van der Waals surface area contributed by atoms with Crippen LogP contribution in [0.5, 0.6) is 0 Å². The van der Waals surface area contributed by atoms with Gasteiger partial charge in [-0.05, 0) is 31.9 Å². The van der Waals surface area contributed by atoms with E-state index in [-0.39, 0.29) is 11.7 Å². The van der Waals surface area contributed by atoms with Gasteiger partial charge in [0.15, 0.2) is 0 Å². The number of nitrogens with two attached hydrogens (primary N) is 1. The maximum atomic E-state index is 11.1. The maximum absolute atomic E-state index is 11.1. The fourth-order valence-corrected chi connectivity index (χ4v) is 2.54. The standard InChI is InChI=1S/C14H20N2O3/c1-2-19-10-5-4-8-16(9-10)12-7-3-6-11(13(12)15)14(17)18/h3,6-7,10H,2,4-5,8-9,15H2,1H3,(H,17,18). The highest BCUT2D eigenvalue weighted by molar-refractivity contribution is 5.97. The molecule has 1 aromatic rings. The quantitative estimate of drug-likeness (QED) is 0.813. The Morgan fingerprint density at radius 3 is 3.05 bits per heavy atom. The van der Waals surface area contributed by atoms with E-state index in [1.807, 2.05) is 13.0 Å². The Morgan fingerprint density at radius 2 is 2.37 bits per heavy atom. The summed E-state index contributed by atoms with van der Waals surface area (Å²) < 4.78 is 5.65. The van der Waals surface area contributed by atoms with Crippen molar-refractivity contribution in [2.75, 3.05) is 30.3 Å². The van der Waals surface area contributed by atoms with Crippen molar-refractivity contribution in [2.24, 2.45) is 0 Å². The van der Waals surface area contributed by atoms with Crippen molar-refractivity contribution in [1.29, 1.82) is 0 Å². The molecule has 0 saturated carbocycles. The molecule has 0 aromatic heterocycles. The average Bonchev–Trinajstić information content (AvgIpc) is 2.39. The van der Waals surface area contributed by atoms with Gasteiger partial charge < -0.3 is 20.5 Å². The van der Waals surface area contributed by atoms with Crippen LogP contribution >= 0.6 is 0 Å². The molecule has 5 nitrogen and oxygen atoms in total. The van der Waals surface area contributed by atoms with Crippen molar-refractivity contribution in [3.05, 3.63) is 23.8 Å². The predicted molar refractivity (Wildman–Crippen MR) is 74.7 cm³/mol. The van der Waals surface area contributed by atoms with Gasteiger partial charge in [0.1, 0.15) is 0 Å². The number of carboxylic acid groups (broad SMARTS) is 1. The molecule has 1 unspecified atom stereocenters. The Morgan fingerprint density at radius 1 is 1.58 bits per heavy atom. The molecule has 0 radical (unpaired) electrons. The van der Waals surface area contributed by atoms with Gasteiger partial charge in [-0.25, -0.2) is 4.79 Å². The first-order chi connectivity index (χ1) is 9.13. The first kappa shape index (κ1) is 13.7. The van der Waals surface area contributed by atoms with E-state index in [1.54, 1.807) is 6.07 Å². The number of carboxylic acids is 1. The molecular formula is C14H20N2O3. The van der Waals surface area contributed by atoms with E-state index in [9.17, 15) is 4.79 Å². The highest BCUT2D eigenvalue weighted by Crippen LogP contribution is 2.29. The molecule has 0 bridgehead atoms. The van der Waals surface area contributed by atoms with Gasteiger partial charge in [0, 0.05) is 19.7 Å². The minimum Gasteiger partial charge on any atom is -0.478 e. The van der Waals surface area contributed by atoms with Crippen LogP contribution in [0.15, 0.2) is 18.2 Å². The highest BCUT2D eigenvalue weighted by atomic mass is 16.5. The second kappa shape index (κ2) is 5.93. The third-order valence-electron chi connectivity index (χ3n) is 3.43. The average molecular weight is 264 g/mol. The molecule has 1 saturated heterocycles. The zero-order valence-corrected chi connectivity index (χ0v) is 11.1. The first-order valence-corrected chi connectivity index (χ1v) is 6.61. The van der Waals surface area contributed by atoms with E-state index in [0.29, 0.717) is 12.3 Å². The van der Waals surface area contributed by atoms with Crippen molar-refractivity contribution in [3.63, 3.8) is 0 Å². The summed E-state index contributed by atoms with van der Waals surface area (Å²) in [6.45, 7) is 4.33. The Hall–Kier alpha value is -1.75. The molecule has 0 aliphatic carbocycles. The molecule has 19 heavy (non-hydrogen) atoms. The van der Waals surface area contributed by atoms with Crippen LogP contribution in [0.25, 0.3) is 0 Å². The van der Waals surface area contributed by atoms with Crippen LogP contribution in [0.4, 0.5) is 11.4 Å². The largest absolute Gasteiger partial charge is 0.478 e. The lowest BCUT2D eigenvalue weighted by atomic mass is 10.1. The van der Waals surface area contributed by atoms with Gasteiger partial charge in [0.2, 0.25) is 0 Å². The van der Waals surface area contributed by atoms with E-state index in [0.717, 1.165) is 31.6 Å². The number of nitrogen functional groups attached to an aromatic ring is 1. The van der Waals surface area contributed by atoms with Crippen molar-refractivity contribution in [1.82, 2.24) is 0 Å². The van der Waals surface area contributed by atoms with Gasteiger partial charge in [-0.3, -0.25) is 0 Å². The molecular weight excluding hydrogens is 244 g/mol. The molecule has 3 N–H and O–H groups in total. The van der Waals surface area contributed by atoms with Crippen molar-refractivity contribution < 1.29 is 14.6 Å². The topological polar surface area (TPSA) is 75.8 Å². The number of rotatable bonds is 4. The number of ether oxygens (including phenoxy) is 1. The number of hydrogen-bond donors (Lipinski definition) is 2. The number of carbonyl (C=O) groups is 1. The van der Waals surface area contributed by atoms with Gasteiger partial charge in [0.25, 0.3) is 0 Å². The van der Waals surface area contributed by atoms with Crippen LogP contribution in [-0.2, 0) is 4.74 Å². The molecule has 2 rings (SSSR count). The summed E-state index contributed by atoms with van der Waals surface area (Å²) in [5, 5.41) is 9.10. The van der Waals surface area contributed by atoms with Gasteiger partial charge in [-0.15, -0.1) is 0 Å². The van der Waals surface area contributed by atoms with Gasteiger partial charge in [-0.1, -0.05) is 6.07 Å². The van der Waals surface area contributed by atoms with Crippen LogP contribution in [0.3, 0.4) is 0 Å². The smallest absolute Gasteiger partial charge is 0.337 e. The fraction of sp³-hybridized carbons (Fsp3) is 0.500. The number of aromatic carboxylic acids is 1. The number of benzene rings is 1. The van der Waals surface area contributed by atoms with E-state index in [4.69, 9.17) is 15.6 Å². The summed E-state index contributed by atoms with van der Waals surface area (Å²) >= 11 is 0. The van der Waals surface area contributed by atoms with Gasteiger partial charge in [0.05, 0.1) is 23.0 Å². The molecule has 5 heteroatoms. The second-order valence-corrected chi connectivity index (χ2v) is 4.71. The Kier molecular flexibility index (Phi) is 4.27. The van der Waals surface area contributed by atoms with E-state index in [1.165, 1.54) is 6.07 Å². The first-order valence-electron chi connectivity index (χ1n) is 6.61. The van der Waals surface area contributed by atoms with Gasteiger partial charge in [-0.2, -0.15) is 0 Å². The number of nitrogens with zero attached hydrogens (tertiary/aromatic N) is 1. The van der Waals surface area contributed by atoms with E-state index >= 15 is 0 Å². The number of anilines is 2. The predicted octanol–water partition coefficient (Wildman–Crippen LogP) is 1.97. The summed E-state index contributed by atoms with van der Waals surface area (Å²) in [5.74, 6) is -0.988. The molecule has 0 amide bonds. The zero-order valence-electron chi connectivity index (χ0n) is 11.1. The van der Waals surface area contributed by atoms with Crippen LogP contribution in [0, 0.1) is 0 Å². The number of piperidine rings is 1. The Bertz CT molecular complexity index is 460. The van der Waals surface area contributed by atoms with Gasteiger partial charge >= 0.3 is 5.97 Å². The lowest BCUT2D eigenvalue weighted by Crippen LogP contribution is -2.40. The Labute approximate surface area is 113 Å². The van der Waals surface area contributed by atoms with Crippen LogP contribution in [0.2, 0.25) is 0 Å². The molecule has 1 fully saturated rings. The van der Waals surface area contributed by atoms with Crippen LogP contribution in [-0.4, -0.2) is 36.9 Å². The summed E-state index contributed by atoms with van der Waals surface area (Å²) in [5.41, 5.74) is 7.27. The summed E-state index contributed by atoms with van der Waals surface area (Å²) in [4.78, 5) is 13.2. The van der Waals surface area contributed by atoms with Crippen molar-refractivity contribution in [2.45, 2.75) is 25.9 Å². The lowest BCUT2D eigenvalue weighted by molar-refractivity contribution is 0.0527. The summed E-state index contributed by atoms with van der Waals surface area (Å²) in [6, 6.07) is 5.14. The minimum atomic E-state index is -0.988.